The highest BCUT2D eigenvalue weighted by Crippen LogP contribution is 2.31. The third-order valence-electron chi connectivity index (χ3n) is 3.83. The number of alkyl halides is 3. The number of nitrogens with one attached hydrogen (secondary N) is 1. The van der Waals surface area contributed by atoms with Crippen molar-refractivity contribution in [3.05, 3.63) is 70.1 Å². The highest BCUT2D eigenvalue weighted by Gasteiger charge is 2.30. The largest absolute Gasteiger partial charge is 0.490 e. The highest BCUT2D eigenvalue weighted by molar-refractivity contribution is 6.03. The molecule has 2 aromatic carbocycles. The molecule has 0 radical (unpaired) electrons. The van der Waals surface area contributed by atoms with Gasteiger partial charge in [0, 0.05) is 17.3 Å². The summed E-state index contributed by atoms with van der Waals surface area (Å²) in [6.45, 7) is 0. The fraction of sp³-hybridized carbons (Fsp3) is 0.111. The Labute approximate surface area is 161 Å². The zero-order valence-electron chi connectivity index (χ0n) is 14.7. The number of nitro benzene ring substituents is 1. The number of ether oxygens (including phenoxy) is 1. The Morgan fingerprint density at radius 2 is 1.90 bits per heavy atom. The molecule has 0 bridgehead atoms. The molecular weight excluding hydrogens is 395 g/mol. The van der Waals surface area contributed by atoms with Crippen LogP contribution in [0.1, 0.15) is 16.1 Å². The van der Waals surface area contributed by atoms with E-state index in [0.29, 0.717) is 0 Å². The third kappa shape index (κ3) is 4.34. The topological polar surface area (TPSA) is 108 Å². The lowest BCUT2D eigenvalue weighted by molar-refractivity contribution is -0.385. The fourth-order valence-electron chi connectivity index (χ4n) is 2.42. The zero-order chi connectivity index (χ0) is 21.2. The Kier molecular flexibility index (Phi) is 5.22. The SMILES string of the molecule is COc1ccc(NC(=O)c2coc(-c3ccc(C(F)(F)F)cc3)n2)cc1[N+](=O)[O-]. The zero-order valence-corrected chi connectivity index (χ0v) is 14.7. The number of amides is 1. The molecule has 11 heteroatoms. The Balaban J connectivity index is 1.78. The fourth-order valence-corrected chi connectivity index (χ4v) is 2.42. The maximum Gasteiger partial charge on any atom is 0.416 e. The number of rotatable bonds is 5. The number of anilines is 1. The van der Waals surface area contributed by atoms with Gasteiger partial charge in [0.25, 0.3) is 5.91 Å². The number of carbonyl (C=O) groups excluding carboxylic acids is 1. The van der Waals surface area contributed by atoms with Crippen LogP contribution in [0.4, 0.5) is 24.5 Å². The summed E-state index contributed by atoms with van der Waals surface area (Å²) in [5.74, 6) is -0.741. The van der Waals surface area contributed by atoms with Crippen molar-refractivity contribution in [2.75, 3.05) is 12.4 Å². The van der Waals surface area contributed by atoms with E-state index in [1.54, 1.807) is 0 Å². The van der Waals surface area contributed by atoms with Crippen LogP contribution in [-0.4, -0.2) is 22.9 Å². The molecule has 0 atom stereocenters. The van der Waals surface area contributed by atoms with Crippen molar-refractivity contribution in [1.82, 2.24) is 4.98 Å². The molecule has 0 aliphatic carbocycles. The molecule has 0 saturated carbocycles. The molecule has 0 unspecified atom stereocenters. The van der Waals surface area contributed by atoms with Crippen LogP contribution in [0.2, 0.25) is 0 Å². The number of aromatic nitrogens is 1. The monoisotopic (exact) mass is 407 g/mol. The van der Waals surface area contributed by atoms with E-state index in [1.807, 2.05) is 0 Å². The average Bonchev–Trinajstić information content (AvgIpc) is 3.17. The van der Waals surface area contributed by atoms with Gasteiger partial charge in [0.2, 0.25) is 5.89 Å². The van der Waals surface area contributed by atoms with Crippen molar-refractivity contribution in [2.24, 2.45) is 0 Å². The second kappa shape index (κ2) is 7.62. The van der Waals surface area contributed by atoms with E-state index in [4.69, 9.17) is 9.15 Å². The molecule has 0 aliphatic heterocycles. The first-order chi connectivity index (χ1) is 13.7. The van der Waals surface area contributed by atoms with E-state index in [2.05, 4.69) is 10.3 Å². The maximum absolute atomic E-state index is 12.6. The van der Waals surface area contributed by atoms with Crippen molar-refractivity contribution in [3.63, 3.8) is 0 Å². The summed E-state index contributed by atoms with van der Waals surface area (Å²) in [4.78, 5) is 26.6. The smallest absolute Gasteiger partial charge is 0.416 e. The molecular formula is C18H12F3N3O5. The van der Waals surface area contributed by atoms with Crippen LogP contribution < -0.4 is 10.1 Å². The molecule has 0 fully saturated rings. The molecule has 29 heavy (non-hydrogen) atoms. The quantitative estimate of drug-likeness (QED) is 0.492. The Morgan fingerprint density at radius 3 is 2.48 bits per heavy atom. The molecule has 0 saturated heterocycles. The standard InChI is InChI=1S/C18H12F3N3O5/c1-28-15-7-6-12(8-14(15)24(26)27)22-16(25)13-9-29-17(23-13)10-2-4-11(5-3-10)18(19,20)21/h2-9H,1H3,(H,22,25). The molecule has 1 heterocycles. The van der Waals surface area contributed by atoms with Gasteiger partial charge in [-0.2, -0.15) is 13.2 Å². The Hall–Kier alpha value is -3.89. The van der Waals surface area contributed by atoms with Gasteiger partial charge < -0.3 is 14.5 Å². The second-order valence-corrected chi connectivity index (χ2v) is 5.71. The van der Waals surface area contributed by atoms with Gasteiger partial charge in [-0.05, 0) is 36.4 Å². The molecule has 3 rings (SSSR count). The maximum atomic E-state index is 12.6. The number of methoxy groups -OCH3 is 1. The summed E-state index contributed by atoms with van der Waals surface area (Å²) in [6, 6.07) is 7.93. The summed E-state index contributed by atoms with van der Waals surface area (Å²) >= 11 is 0. The van der Waals surface area contributed by atoms with E-state index in [0.717, 1.165) is 24.5 Å². The number of benzene rings is 2. The summed E-state index contributed by atoms with van der Waals surface area (Å²) in [5, 5.41) is 13.5. The summed E-state index contributed by atoms with van der Waals surface area (Å²) < 4.78 is 47.9. The van der Waals surface area contributed by atoms with Crippen LogP contribution in [0.5, 0.6) is 5.75 Å². The minimum atomic E-state index is -4.47. The van der Waals surface area contributed by atoms with Gasteiger partial charge in [-0.25, -0.2) is 4.98 Å². The van der Waals surface area contributed by atoms with Gasteiger partial charge in [0.15, 0.2) is 11.4 Å². The Bertz CT molecular complexity index is 1060. The average molecular weight is 407 g/mol. The molecule has 0 aliphatic rings. The van der Waals surface area contributed by atoms with E-state index in [9.17, 15) is 28.1 Å². The highest BCUT2D eigenvalue weighted by atomic mass is 19.4. The van der Waals surface area contributed by atoms with Gasteiger partial charge in [0.1, 0.15) is 6.26 Å². The Morgan fingerprint density at radius 1 is 1.21 bits per heavy atom. The van der Waals surface area contributed by atoms with Crippen molar-refractivity contribution in [2.45, 2.75) is 6.18 Å². The van der Waals surface area contributed by atoms with Crippen molar-refractivity contribution < 1.29 is 32.0 Å². The van der Waals surface area contributed by atoms with Crippen LogP contribution in [-0.2, 0) is 6.18 Å². The van der Waals surface area contributed by atoms with Crippen LogP contribution in [0, 0.1) is 10.1 Å². The number of nitro groups is 1. The van der Waals surface area contributed by atoms with Gasteiger partial charge in [-0.1, -0.05) is 0 Å². The predicted octanol–water partition coefficient (Wildman–Crippen LogP) is 4.53. The molecule has 3 aromatic rings. The van der Waals surface area contributed by atoms with E-state index in [-0.39, 0.29) is 34.3 Å². The third-order valence-corrected chi connectivity index (χ3v) is 3.83. The van der Waals surface area contributed by atoms with Crippen LogP contribution in [0.25, 0.3) is 11.5 Å². The minimum Gasteiger partial charge on any atom is -0.490 e. The van der Waals surface area contributed by atoms with Crippen LogP contribution >= 0.6 is 0 Å². The number of hydrogen-bond donors (Lipinski definition) is 1. The van der Waals surface area contributed by atoms with Gasteiger partial charge in [-0.15, -0.1) is 0 Å². The van der Waals surface area contributed by atoms with Crippen molar-refractivity contribution in [3.8, 4) is 17.2 Å². The normalized spacial score (nSPS) is 11.2. The first kappa shape index (κ1) is 19.9. The molecule has 1 amide bonds. The van der Waals surface area contributed by atoms with E-state index >= 15 is 0 Å². The lowest BCUT2D eigenvalue weighted by Crippen LogP contribution is -2.12. The van der Waals surface area contributed by atoms with Crippen molar-refractivity contribution in [1.29, 1.82) is 0 Å². The van der Waals surface area contributed by atoms with E-state index < -0.39 is 22.6 Å². The summed E-state index contributed by atoms with van der Waals surface area (Å²) in [7, 11) is 1.28. The minimum absolute atomic E-state index is 0.0269. The lowest BCUT2D eigenvalue weighted by atomic mass is 10.1. The van der Waals surface area contributed by atoms with Gasteiger partial charge in [-0.3, -0.25) is 14.9 Å². The predicted molar refractivity (Wildman–Crippen MR) is 94.5 cm³/mol. The number of carbonyl (C=O) groups is 1. The molecule has 8 nitrogen and oxygen atoms in total. The molecule has 1 N–H and O–H groups in total. The van der Waals surface area contributed by atoms with Gasteiger partial charge in [0.05, 0.1) is 17.6 Å². The summed E-state index contributed by atoms with van der Waals surface area (Å²) in [6.07, 6.45) is -3.44. The molecule has 0 spiro atoms. The van der Waals surface area contributed by atoms with Gasteiger partial charge >= 0.3 is 11.9 Å². The summed E-state index contributed by atoms with van der Waals surface area (Å²) in [5.41, 5.74) is -0.945. The van der Waals surface area contributed by atoms with Crippen molar-refractivity contribution >= 4 is 17.3 Å². The number of hydrogen-bond acceptors (Lipinski definition) is 6. The van der Waals surface area contributed by atoms with Crippen LogP contribution in [0.15, 0.2) is 53.1 Å². The molecule has 1 aromatic heterocycles. The van der Waals surface area contributed by atoms with E-state index in [1.165, 1.54) is 31.4 Å². The second-order valence-electron chi connectivity index (χ2n) is 5.71. The number of halogens is 3. The first-order valence-electron chi connectivity index (χ1n) is 7.96. The first-order valence-corrected chi connectivity index (χ1v) is 7.96. The number of oxazole rings is 1. The van der Waals surface area contributed by atoms with Crippen LogP contribution in [0.3, 0.4) is 0 Å². The lowest BCUT2D eigenvalue weighted by Gasteiger charge is -2.06. The molecule has 150 valence electrons. The number of nitrogens with zero attached hydrogens (tertiary/aromatic N) is 2.